The first-order valence-corrected chi connectivity index (χ1v) is 10.3. The number of benzene rings is 1. The molecule has 4 heterocycles. The maximum Gasteiger partial charge on any atom is 0.248 e. The van der Waals surface area contributed by atoms with Gasteiger partial charge in [-0.3, -0.25) is 4.79 Å². The Hall–Kier alpha value is -4.23. The van der Waals surface area contributed by atoms with E-state index in [-0.39, 0.29) is 5.91 Å². The number of rotatable bonds is 6. The van der Waals surface area contributed by atoms with Crippen LogP contribution in [0.1, 0.15) is 0 Å². The van der Waals surface area contributed by atoms with Gasteiger partial charge in [0.1, 0.15) is 5.65 Å². The van der Waals surface area contributed by atoms with Gasteiger partial charge in [-0.15, -0.1) is 0 Å². The molecule has 0 spiro atoms. The first kappa shape index (κ1) is 19.7. The zero-order valence-corrected chi connectivity index (χ0v) is 17.4. The summed E-state index contributed by atoms with van der Waals surface area (Å²) in [5, 5.41) is 7.82. The molecule has 0 saturated heterocycles. The van der Waals surface area contributed by atoms with E-state index in [1.54, 1.807) is 18.5 Å². The minimum Gasteiger partial charge on any atom is -0.446 e. The molecular formula is C25H21N5O2. The summed E-state index contributed by atoms with van der Waals surface area (Å²) in [4.78, 5) is 24.2. The molecule has 4 aromatic heterocycles. The third-order valence-electron chi connectivity index (χ3n) is 5.24. The smallest absolute Gasteiger partial charge is 0.248 e. The fourth-order valence-corrected chi connectivity index (χ4v) is 3.74. The monoisotopic (exact) mass is 423 g/mol. The van der Waals surface area contributed by atoms with Crippen molar-refractivity contribution < 1.29 is 9.21 Å². The molecule has 7 nitrogen and oxygen atoms in total. The summed E-state index contributed by atoms with van der Waals surface area (Å²) < 4.78 is 5.46. The summed E-state index contributed by atoms with van der Waals surface area (Å²) in [5.74, 6) is -0.166. The first-order valence-electron chi connectivity index (χ1n) is 10.3. The molecule has 5 rings (SSSR count). The number of carbonyl (C=O) groups excluding carboxylic acids is 1. The maximum absolute atomic E-state index is 12.1. The maximum atomic E-state index is 12.1. The van der Waals surface area contributed by atoms with Crippen molar-refractivity contribution in [3.05, 3.63) is 79.5 Å². The fraction of sp³-hybridized carbons (Fsp3) is 0.0800. The molecule has 0 saturated carbocycles. The second kappa shape index (κ2) is 8.49. The number of aromatic nitrogens is 3. The van der Waals surface area contributed by atoms with Crippen LogP contribution in [-0.4, -0.2) is 34.5 Å². The normalized spacial score (nSPS) is 11.5. The number of amides is 1. The van der Waals surface area contributed by atoms with E-state index in [2.05, 4.69) is 31.7 Å². The number of likely N-dealkylation sites (N-methyl/N-ethyl adjacent to an activating group) is 1. The Morgan fingerprint density at radius 1 is 1.09 bits per heavy atom. The number of anilines is 1. The Bertz CT molecular complexity index is 1450. The van der Waals surface area contributed by atoms with Crippen LogP contribution >= 0.6 is 0 Å². The van der Waals surface area contributed by atoms with E-state index in [9.17, 15) is 4.79 Å². The van der Waals surface area contributed by atoms with E-state index >= 15 is 0 Å². The van der Waals surface area contributed by atoms with Crippen molar-refractivity contribution in [3.63, 3.8) is 0 Å². The molecule has 0 atom stereocenters. The Morgan fingerprint density at radius 3 is 2.94 bits per heavy atom. The number of nitrogens with zero attached hydrogens (tertiary/aromatic N) is 2. The third-order valence-corrected chi connectivity index (χ3v) is 5.24. The SMILES string of the molecule is CNC/C=C/C(=O)Nc1cccc(-c2cnc3[nH]cc(-c4ccnc5occc45)c3c2)c1. The van der Waals surface area contributed by atoms with Crippen LogP contribution in [0.4, 0.5) is 5.69 Å². The number of hydrogen-bond donors (Lipinski definition) is 3. The van der Waals surface area contributed by atoms with Crippen molar-refractivity contribution in [2.75, 3.05) is 18.9 Å². The van der Waals surface area contributed by atoms with Crippen LogP contribution in [0.25, 0.3) is 44.4 Å². The molecule has 5 aromatic rings. The first-order chi connectivity index (χ1) is 15.7. The summed E-state index contributed by atoms with van der Waals surface area (Å²) in [6, 6.07) is 13.7. The highest BCUT2D eigenvalue weighted by Gasteiger charge is 2.13. The van der Waals surface area contributed by atoms with Gasteiger partial charge in [0.25, 0.3) is 0 Å². The van der Waals surface area contributed by atoms with E-state index in [1.807, 2.05) is 55.8 Å². The van der Waals surface area contributed by atoms with Crippen LogP contribution in [0.3, 0.4) is 0 Å². The Morgan fingerprint density at radius 2 is 2.03 bits per heavy atom. The van der Waals surface area contributed by atoms with Crippen molar-refractivity contribution in [3.8, 4) is 22.3 Å². The summed E-state index contributed by atoms with van der Waals surface area (Å²) in [5.41, 5.74) is 6.12. The molecule has 0 aliphatic carbocycles. The Labute approximate surface area is 184 Å². The number of fused-ring (bicyclic) bond motifs is 2. The molecule has 1 amide bonds. The van der Waals surface area contributed by atoms with E-state index in [0.717, 1.165) is 44.4 Å². The molecule has 1 aromatic carbocycles. The predicted molar refractivity (Wildman–Crippen MR) is 126 cm³/mol. The van der Waals surface area contributed by atoms with E-state index in [0.29, 0.717) is 12.3 Å². The van der Waals surface area contributed by atoms with Crippen LogP contribution < -0.4 is 10.6 Å². The molecular weight excluding hydrogens is 402 g/mol. The van der Waals surface area contributed by atoms with Crippen molar-refractivity contribution in [2.24, 2.45) is 0 Å². The molecule has 0 aliphatic heterocycles. The molecule has 3 N–H and O–H groups in total. The quantitative estimate of drug-likeness (QED) is 0.343. The zero-order valence-electron chi connectivity index (χ0n) is 17.4. The minimum atomic E-state index is -0.166. The summed E-state index contributed by atoms with van der Waals surface area (Å²) in [7, 11) is 1.83. The number of aromatic amines is 1. The lowest BCUT2D eigenvalue weighted by atomic mass is 10.0. The highest BCUT2D eigenvalue weighted by Crippen LogP contribution is 2.35. The van der Waals surface area contributed by atoms with Gasteiger partial charge in [0, 0.05) is 58.8 Å². The number of nitrogens with one attached hydrogen (secondary N) is 3. The Balaban J connectivity index is 1.50. The second-order valence-corrected chi connectivity index (χ2v) is 7.35. The minimum absolute atomic E-state index is 0.166. The second-order valence-electron chi connectivity index (χ2n) is 7.35. The van der Waals surface area contributed by atoms with Crippen molar-refractivity contribution in [1.82, 2.24) is 20.3 Å². The van der Waals surface area contributed by atoms with Gasteiger partial charge in [0.2, 0.25) is 11.6 Å². The average molecular weight is 423 g/mol. The number of hydrogen-bond acceptors (Lipinski definition) is 5. The predicted octanol–water partition coefficient (Wildman–Crippen LogP) is 4.75. The number of furan rings is 1. The van der Waals surface area contributed by atoms with Crippen molar-refractivity contribution in [1.29, 1.82) is 0 Å². The van der Waals surface area contributed by atoms with E-state index < -0.39 is 0 Å². The largest absolute Gasteiger partial charge is 0.446 e. The lowest BCUT2D eigenvalue weighted by Crippen LogP contribution is -2.10. The van der Waals surface area contributed by atoms with Gasteiger partial charge in [-0.05, 0) is 48.5 Å². The van der Waals surface area contributed by atoms with Crippen molar-refractivity contribution >= 4 is 33.7 Å². The topological polar surface area (TPSA) is 95.8 Å². The van der Waals surface area contributed by atoms with Crippen LogP contribution in [-0.2, 0) is 4.79 Å². The molecule has 0 aliphatic rings. The summed E-state index contributed by atoms with van der Waals surface area (Å²) >= 11 is 0. The van der Waals surface area contributed by atoms with Gasteiger partial charge in [-0.25, -0.2) is 9.97 Å². The van der Waals surface area contributed by atoms with Gasteiger partial charge in [-0.1, -0.05) is 18.2 Å². The van der Waals surface area contributed by atoms with Gasteiger partial charge >= 0.3 is 0 Å². The van der Waals surface area contributed by atoms with Gasteiger partial charge < -0.3 is 20.0 Å². The van der Waals surface area contributed by atoms with Crippen molar-refractivity contribution in [2.45, 2.75) is 0 Å². The number of pyridine rings is 2. The van der Waals surface area contributed by atoms with E-state index in [4.69, 9.17) is 4.42 Å². The van der Waals surface area contributed by atoms with E-state index in [1.165, 1.54) is 6.08 Å². The molecule has 7 heteroatoms. The van der Waals surface area contributed by atoms with Crippen LogP contribution in [0, 0.1) is 0 Å². The molecule has 0 unspecified atom stereocenters. The molecule has 158 valence electrons. The summed E-state index contributed by atoms with van der Waals surface area (Å²) in [6.07, 6.45) is 10.5. The van der Waals surface area contributed by atoms with Gasteiger partial charge in [-0.2, -0.15) is 0 Å². The molecule has 0 fully saturated rings. The molecule has 0 radical (unpaired) electrons. The highest BCUT2D eigenvalue weighted by molar-refractivity contribution is 6.03. The fourth-order valence-electron chi connectivity index (χ4n) is 3.74. The highest BCUT2D eigenvalue weighted by atomic mass is 16.3. The van der Waals surface area contributed by atoms with Gasteiger partial charge in [0.15, 0.2) is 0 Å². The molecule has 0 bridgehead atoms. The Kier molecular flexibility index (Phi) is 5.23. The van der Waals surface area contributed by atoms with Crippen LogP contribution in [0.5, 0.6) is 0 Å². The third kappa shape index (κ3) is 3.77. The zero-order chi connectivity index (χ0) is 21.9. The lowest BCUT2D eigenvalue weighted by molar-refractivity contribution is -0.111. The summed E-state index contributed by atoms with van der Waals surface area (Å²) in [6.45, 7) is 0.640. The average Bonchev–Trinajstić information content (AvgIpc) is 3.46. The lowest BCUT2D eigenvalue weighted by Gasteiger charge is -2.07. The van der Waals surface area contributed by atoms with Crippen LogP contribution in [0.2, 0.25) is 0 Å². The molecule has 32 heavy (non-hydrogen) atoms. The standard InChI is InChI=1S/C25H21N5O2/c1-26-9-3-6-23(31)30-18-5-2-4-16(12-18)17-13-21-22(15-29-24(21)28-14-17)19-7-10-27-25-20(19)8-11-32-25/h2-8,10-15,26H,9H2,1H3,(H,28,29)(H,30,31)/b6-3+. The van der Waals surface area contributed by atoms with Gasteiger partial charge in [0.05, 0.1) is 6.26 Å². The van der Waals surface area contributed by atoms with Crippen LogP contribution in [0.15, 0.2) is 83.9 Å². The number of H-pyrrole nitrogens is 1. The number of carbonyl (C=O) groups is 1.